The predicted octanol–water partition coefficient (Wildman–Crippen LogP) is 1.41. The Hall–Kier alpha value is -4.32. The Kier molecular flexibility index (Phi) is 7.66. The van der Waals surface area contributed by atoms with Crippen LogP contribution >= 0.6 is 0 Å². The molecule has 2 heterocycles. The van der Waals surface area contributed by atoms with Gasteiger partial charge in [-0.25, -0.2) is 9.78 Å². The number of nitrogens with one attached hydrogen (secondary N) is 1. The van der Waals surface area contributed by atoms with Crippen molar-refractivity contribution in [2.75, 3.05) is 13.2 Å². The van der Waals surface area contributed by atoms with Crippen LogP contribution in [0.15, 0.2) is 36.4 Å². The van der Waals surface area contributed by atoms with Crippen molar-refractivity contribution in [3.63, 3.8) is 0 Å². The molecule has 1 aliphatic heterocycles. The van der Waals surface area contributed by atoms with Crippen molar-refractivity contribution in [1.82, 2.24) is 9.97 Å². The van der Waals surface area contributed by atoms with E-state index >= 15 is 0 Å². The van der Waals surface area contributed by atoms with Crippen molar-refractivity contribution in [3.05, 3.63) is 52.1 Å². The third-order valence-corrected chi connectivity index (χ3v) is 5.65. The molecular weight excluding hydrogens is 551 g/mol. The molecule has 1 aliphatic rings. The van der Waals surface area contributed by atoms with E-state index in [4.69, 9.17) is 18.9 Å². The summed E-state index contributed by atoms with van der Waals surface area (Å²) < 4.78 is 59.1. The third kappa shape index (κ3) is 5.96. The number of aliphatic hydroxyl groups is 3. The zero-order valence-electron chi connectivity index (χ0n) is 20.2. The van der Waals surface area contributed by atoms with Crippen LogP contribution in [-0.2, 0) is 30.0 Å². The fraction of sp³-hybridized carbons (Fsp3) is 0.348. The van der Waals surface area contributed by atoms with Gasteiger partial charge in [-0.2, -0.15) is 13.2 Å². The number of aromatic amines is 1. The van der Waals surface area contributed by atoms with Gasteiger partial charge in [0.2, 0.25) is 6.10 Å². The number of esters is 2. The summed E-state index contributed by atoms with van der Waals surface area (Å²) in [5, 5.41) is 41.5. The van der Waals surface area contributed by atoms with Crippen molar-refractivity contribution >= 4 is 28.7 Å². The quantitative estimate of drug-likeness (QED) is 0.138. The molecule has 0 spiro atoms. The van der Waals surface area contributed by atoms with Gasteiger partial charge in [0.05, 0.1) is 22.6 Å². The van der Waals surface area contributed by atoms with Gasteiger partial charge in [0, 0.05) is 18.6 Å². The number of carbonyl (C=O) groups is 2. The predicted molar refractivity (Wildman–Crippen MR) is 123 cm³/mol. The number of hydrogen-bond acceptors (Lipinski definition) is 12. The first kappa shape index (κ1) is 28.7. The molecule has 4 rings (SSSR count). The number of alkyl halides is 3. The van der Waals surface area contributed by atoms with Gasteiger partial charge in [0.1, 0.15) is 23.8 Å². The van der Waals surface area contributed by atoms with E-state index in [0.717, 1.165) is 6.92 Å². The lowest BCUT2D eigenvalue weighted by molar-refractivity contribution is -0.415. The molecule has 4 atom stereocenters. The number of benzene rings is 2. The highest BCUT2D eigenvalue weighted by atomic mass is 19.4. The Bertz CT molecular complexity index is 1440. The minimum atomic E-state index is -4.81. The highest BCUT2D eigenvalue weighted by Gasteiger charge is 2.55. The van der Waals surface area contributed by atoms with E-state index in [1.165, 1.54) is 24.3 Å². The number of ether oxygens (including phenoxy) is 4. The Morgan fingerprint density at radius 1 is 1.25 bits per heavy atom. The largest absolute Gasteiger partial charge is 0.482 e. The first-order valence-electron chi connectivity index (χ1n) is 11.3. The molecule has 0 unspecified atom stereocenters. The molecule has 1 saturated heterocycles. The maximum atomic E-state index is 13.2. The van der Waals surface area contributed by atoms with E-state index in [-0.39, 0.29) is 22.6 Å². The molecule has 3 aromatic rings. The van der Waals surface area contributed by atoms with Crippen LogP contribution in [0.5, 0.6) is 5.75 Å². The number of aliphatic hydroxyl groups excluding tert-OH is 2. The molecule has 17 heteroatoms. The van der Waals surface area contributed by atoms with Crippen LogP contribution in [0.1, 0.15) is 12.5 Å². The summed E-state index contributed by atoms with van der Waals surface area (Å²) in [5.41, 5.74) is -2.20. The molecule has 40 heavy (non-hydrogen) atoms. The Morgan fingerprint density at radius 3 is 2.52 bits per heavy atom. The number of nitrogens with zero attached hydrogens (tertiary/aromatic N) is 2. The summed E-state index contributed by atoms with van der Waals surface area (Å²) in [4.78, 5) is 40.6. The first-order chi connectivity index (χ1) is 18.7. The second-order valence-electron chi connectivity index (χ2n) is 8.55. The molecular formula is C23H20F3N3O11. The number of carbonyl (C=O) groups excluding carboxylic acids is 2. The number of nitro groups is 1. The molecule has 1 aromatic heterocycles. The zero-order chi connectivity index (χ0) is 29.4. The summed E-state index contributed by atoms with van der Waals surface area (Å²) >= 11 is 0. The third-order valence-electron chi connectivity index (χ3n) is 5.65. The maximum absolute atomic E-state index is 13.2. The molecule has 1 fully saturated rings. The number of hydrogen-bond donors (Lipinski definition) is 4. The molecule has 14 nitrogen and oxygen atoms in total. The molecule has 214 valence electrons. The van der Waals surface area contributed by atoms with E-state index in [2.05, 4.69) is 9.97 Å². The monoisotopic (exact) mass is 571 g/mol. The smallest absolute Gasteiger partial charge is 0.416 e. The summed E-state index contributed by atoms with van der Waals surface area (Å²) in [6.45, 7) is -0.490. The number of nitro benzene ring substituents is 1. The average molecular weight is 571 g/mol. The standard InChI is InChI=1S/C23H20F3N3O11/c1-10(30)39-20-19(33)16(31)8-38-23(20,34)40-17(32)9-37-13-4-2-11(3-5-13)21-27-14-6-12(22(24,25)26)7-15(29(35)36)18(14)28-21/h2-7,16,19-20,31,33-34H,8-9H2,1H3,(H,27,28)/t16-,19+,20-,23+/m1/s1. The van der Waals surface area contributed by atoms with Crippen molar-refractivity contribution in [3.8, 4) is 17.1 Å². The fourth-order valence-corrected chi connectivity index (χ4v) is 3.80. The maximum Gasteiger partial charge on any atom is 0.416 e. The normalized spacial score (nSPS) is 23.0. The van der Waals surface area contributed by atoms with Crippen LogP contribution in [-0.4, -0.2) is 79.6 Å². The van der Waals surface area contributed by atoms with Crippen LogP contribution < -0.4 is 4.74 Å². The number of fused-ring (bicyclic) bond motifs is 1. The number of rotatable bonds is 7. The first-order valence-corrected chi connectivity index (χ1v) is 11.3. The second kappa shape index (κ2) is 10.7. The van der Waals surface area contributed by atoms with Gasteiger partial charge in [0.15, 0.2) is 12.1 Å². The molecule has 0 radical (unpaired) electrons. The highest BCUT2D eigenvalue weighted by molar-refractivity contribution is 5.88. The minimum absolute atomic E-state index is 0.0253. The van der Waals surface area contributed by atoms with Crippen molar-refractivity contribution in [2.45, 2.75) is 37.4 Å². The van der Waals surface area contributed by atoms with Gasteiger partial charge in [-0.05, 0) is 30.3 Å². The summed E-state index contributed by atoms with van der Waals surface area (Å²) in [5.74, 6) is -4.97. The lowest BCUT2D eigenvalue weighted by atomic mass is 10.0. The number of imidazole rings is 1. The second-order valence-corrected chi connectivity index (χ2v) is 8.55. The van der Waals surface area contributed by atoms with Crippen molar-refractivity contribution in [2.24, 2.45) is 0 Å². The minimum Gasteiger partial charge on any atom is -0.482 e. The van der Waals surface area contributed by atoms with Crippen molar-refractivity contribution < 1.29 is 62.0 Å². The molecule has 0 aliphatic carbocycles. The molecule has 0 amide bonds. The zero-order valence-corrected chi connectivity index (χ0v) is 20.2. The van der Waals surface area contributed by atoms with Gasteiger partial charge in [0.25, 0.3) is 5.69 Å². The van der Waals surface area contributed by atoms with Gasteiger partial charge in [-0.3, -0.25) is 14.9 Å². The number of halogens is 3. The van der Waals surface area contributed by atoms with E-state index in [1.54, 1.807) is 0 Å². The van der Waals surface area contributed by atoms with E-state index < -0.39 is 71.8 Å². The van der Waals surface area contributed by atoms with Gasteiger partial charge < -0.3 is 39.3 Å². The lowest BCUT2D eigenvalue weighted by Crippen LogP contribution is -2.64. The van der Waals surface area contributed by atoms with Gasteiger partial charge >= 0.3 is 24.1 Å². The number of H-pyrrole nitrogens is 1. The van der Waals surface area contributed by atoms with Gasteiger partial charge in [-0.1, -0.05) is 0 Å². The van der Waals surface area contributed by atoms with E-state index in [0.29, 0.717) is 17.7 Å². The molecule has 2 aromatic carbocycles. The summed E-state index contributed by atoms with van der Waals surface area (Å²) in [6, 6.07) is 6.60. The van der Waals surface area contributed by atoms with Crippen molar-refractivity contribution in [1.29, 1.82) is 0 Å². The summed E-state index contributed by atoms with van der Waals surface area (Å²) in [7, 11) is 0. The van der Waals surface area contributed by atoms with E-state index in [9.17, 15) is 48.2 Å². The van der Waals surface area contributed by atoms with Crippen LogP contribution in [0.4, 0.5) is 18.9 Å². The Morgan fingerprint density at radius 2 is 1.93 bits per heavy atom. The van der Waals surface area contributed by atoms with Crippen LogP contribution in [0, 0.1) is 10.1 Å². The molecule has 0 bridgehead atoms. The molecule has 0 saturated carbocycles. The molecule has 4 N–H and O–H groups in total. The Labute approximate surface area is 221 Å². The van der Waals surface area contributed by atoms with Crippen LogP contribution in [0.25, 0.3) is 22.4 Å². The Balaban J connectivity index is 1.45. The average Bonchev–Trinajstić information content (AvgIpc) is 3.31. The highest BCUT2D eigenvalue weighted by Crippen LogP contribution is 2.36. The van der Waals surface area contributed by atoms with Crippen LogP contribution in [0.2, 0.25) is 0 Å². The van der Waals surface area contributed by atoms with Crippen LogP contribution in [0.3, 0.4) is 0 Å². The topological polar surface area (TPSA) is 204 Å². The SMILES string of the molecule is CC(=O)O[C@@H]1[C@@H](O)[C@H](O)CO[C@]1(O)OC(=O)COc1ccc(-c2nc3c([N+](=O)[O-])cc(C(F)(F)F)cc3[nH]2)cc1. The number of non-ortho nitro benzene ring substituents is 1. The van der Waals surface area contributed by atoms with E-state index in [1.807, 2.05) is 0 Å². The van der Waals surface area contributed by atoms with Gasteiger partial charge in [-0.15, -0.1) is 0 Å². The fourth-order valence-electron chi connectivity index (χ4n) is 3.80. The lowest BCUT2D eigenvalue weighted by Gasteiger charge is -2.41. The number of aromatic nitrogens is 2. The summed E-state index contributed by atoms with van der Waals surface area (Å²) in [6.07, 6.45) is -10.1.